The first-order chi connectivity index (χ1) is 13.3. The van der Waals surface area contributed by atoms with E-state index in [0.29, 0.717) is 17.9 Å². The summed E-state index contributed by atoms with van der Waals surface area (Å²) < 4.78 is 0. The fourth-order valence-corrected chi connectivity index (χ4v) is 5.01. The molecule has 5 rings (SSSR count). The van der Waals surface area contributed by atoms with Gasteiger partial charge in [-0.3, -0.25) is 14.7 Å². The van der Waals surface area contributed by atoms with Crippen molar-refractivity contribution in [3.8, 4) is 0 Å². The molecule has 2 aliphatic rings. The highest BCUT2D eigenvalue weighted by Gasteiger charge is 2.42. The summed E-state index contributed by atoms with van der Waals surface area (Å²) in [7, 11) is 0. The molecule has 3 aromatic rings. The molecule has 2 bridgehead atoms. The van der Waals surface area contributed by atoms with E-state index in [-0.39, 0.29) is 5.92 Å². The van der Waals surface area contributed by atoms with Gasteiger partial charge in [-0.1, -0.05) is 42.5 Å². The largest absolute Gasteiger partial charge is 0.294 e. The Balaban J connectivity index is 1.33. The molecule has 0 spiro atoms. The van der Waals surface area contributed by atoms with Crippen molar-refractivity contribution in [3.05, 3.63) is 78.1 Å². The molecule has 27 heavy (non-hydrogen) atoms. The van der Waals surface area contributed by atoms with E-state index in [2.05, 4.69) is 40.2 Å². The fourth-order valence-electron chi connectivity index (χ4n) is 5.01. The lowest BCUT2D eigenvalue weighted by atomic mass is 9.84. The number of piperidine rings is 1. The van der Waals surface area contributed by atoms with Crippen LogP contribution in [-0.4, -0.2) is 27.8 Å². The number of carbonyl (C=O) groups excluding carboxylic acids is 1. The Morgan fingerprint density at radius 1 is 0.963 bits per heavy atom. The van der Waals surface area contributed by atoms with Crippen LogP contribution in [0, 0.1) is 5.92 Å². The van der Waals surface area contributed by atoms with E-state index >= 15 is 0 Å². The third kappa shape index (κ3) is 3.17. The van der Waals surface area contributed by atoms with E-state index in [9.17, 15) is 4.79 Å². The van der Waals surface area contributed by atoms with Crippen LogP contribution >= 0.6 is 0 Å². The fraction of sp³-hybridized carbons (Fsp3) is 0.333. The van der Waals surface area contributed by atoms with Gasteiger partial charge in [-0.15, -0.1) is 0 Å². The molecule has 2 fully saturated rings. The van der Waals surface area contributed by atoms with Gasteiger partial charge in [0.15, 0.2) is 5.78 Å². The summed E-state index contributed by atoms with van der Waals surface area (Å²) in [5.41, 5.74) is 2.23. The van der Waals surface area contributed by atoms with Gasteiger partial charge in [0.25, 0.3) is 0 Å². The van der Waals surface area contributed by atoms with Crippen molar-refractivity contribution in [2.45, 2.75) is 44.3 Å². The summed E-state index contributed by atoms with van der Waals surface area (Å²) in [6.45, 7) is 1.01. The summed E-state index contributed by atoms with van der Waals surface area (Å²) in [6.07, 6.45) is 8.09. The summed E-state index contributed by atoms with van der Waals surface area (Å²) in [4.78, 5) is 20.0. The van der Waals surface area contributed by atoms with E-state index in [1.54, 1.807) is 6.20 Å². The molecule has 3 nitrogen and oxygen atoms in total. The van der Waals surface area contributed by atoms with Crippen LogP contribution in [0.25, 0.3) is 10.8 Å². The third-order valence-corrected chi connectivity index (χ3v) is 6.39. The van der Waals surface area contributed by atoms with Crippen molar-refractivity contribution in [1.82, 2.24) is 9.88 Å². The van der Waals surface area contributed by atoms with Crippen LogP contribution in [0.2, 0.25) is 0 Å². The highest BCUT2D eigenvalue weighted by atomic mass is 16.1. The van der Waals surface area contributed by atoms with Crippen molar-refractivity contribution in [2.75, 3.05) is 0 Å². The summed E-state index contributed by atoms with van der Waals surface area (Å²) in [5, 5.41) is 2.19. The number of aromatic nitrogens is 1. The van der Waals surface area contributed by atoms with Gasteiger partial charge in [0.2, 0.25) is 0 Å². The maximum Gasteiger partial charge on any atom is 0.166 e. The number of pyridine rings is 1. The van der Waals surface area contributed by atoms with Crippen LogP contribution in [-0.2, 0) is 6.54 Å². The van der Waals surface area contributed by atoms with Crippen LogP contribution in [0.1, 0.15) is 41.6 Å². The van der Waals surface area contributed by atoms with Gasteiger partial charge in [0, 0.05) is 47.9 Å². The molecule has 3 heterocycles. The van der Waals surface area contributed by atoms with Crippen molar-refractivity contribution >= 4 is 16.6 Å². The molecule has 0 radical (unpaired) electrons. The first-order valence-corrected chi connectivity index (χ1v) is 9.95. The Morgan fingerprint density at radius 3 is 2.52 bits per heavy atom. The van der Waals surface area contributed by atoms with E-state index in [1.807, 2.05) is 30.5 Å². The van der Waals surface area contributed by atoms with E-state index < -0.39 is 0 Å². The Morgan fingerprint density at radius 2 is 1.74 bits per heavy atom. The van der Waals surface area contributed by atoms with Crippen molar-refractivity contribution in [2.24, 2.45) is 5.92 Å². The highest BCUT2D eigenvalue weighted by molar-refractivity contribution is 6.01. The molecule has 0 amide bonds. The van der Waals surface area contributed by atoms with Crippen LogP contribution in [0.3, 0.4) is 0 Å². The van der Waals surface area contributed by atoms with Crippen LogP contribution in [0.4, 0.5) is 0 Å². The molecular formula is C24H24N2O. The van der Waals surface area contributed by atoms with Crippen LogP contribution in [0.15, 0.2) is 67.0 Å². The minimum Gasteiger partial charge on any atom is -0.294 e. The molecular weight excluding hydrogens is 332 g/mol. The van der Waals surface area contributed by atoms with Crippen molar-refractivity contribution in [3.63, 3.8) is 0 Å². The zero-order valence-corrected chi connectivity index (χ0v) is 15.4. The van der Waals surface area contributed by atoms with Gasteiger partial charge in [-0.05, 0) is 48.8 Å². The van der Waals surface area contributed by atoms with Gasteiger partial charge in [-0.2, -0.15) is 0 Å². The minimum absolute atomic E-state index is 0.161. The molecule has 0 saturated carbocycles. The van der Waals surface area contributed by atoms with Gasteiger partial charge in [-0.25, -0.2) is 0 Å². The maximum atomic E-state index is 13.2. The lowest BCUT2D eigenvalue weighted by Crippen LogP contribution is -2.44. The number of nitrogens with zero attached hydrogens (tertiary/aromatic N) is 2. The SMILES string of the molecule is O=C(c1ccc2cnccc2c1)C1CC2CCC(C1)N2Cc1ccccc1. The Bertz CT molecular complexity index is 954. The van der Waals surface area contributed by atoms with Crippen LogP contribution in [0.5, 0.6) is 0 Å². The number of hydrogen-bond acceptors (Lipinski definition) is 3. The van der Waals surface area contributed by atoms with Gasteiger partial charge >= 0.3 is 0 Å². The number of fused-ring (bicyclic) bond motifs is 3. The third-order valence-electron chi connectivity index (χ3n) is 6.39. The average Bonchev–Trinajstić information content (AvgIpc) is 2.95. The summed E-state index contributed by atoms with van der Waals surface area (Å²) >= 11 is 0. The van der Waals surface area contributed by atoms with Crippen molar-refractivity contribution in [1.29, 1.82) is 0 Å². The molecule has 0 N–H and O–H groups in total. The highest BCUT2D eigenvalue weighted by Crippen LogP contribution is 2.40. The van der Waals surface area contributed by atoms with E-state index in [1.165, 1.54) is 18.4 Å². The molecule has 1 aromatic heterocycles. The molecule has 2 aliphatic heterocycles. The second kappa shape index (κ2) is 6.90. The molecule has 136 valence electrons. The molecule has 2 atom stereocenters. The first-order valence-electron chi connectivity index (χ1n) is 9.95. The second-order valence-electron chi connectivity index (χ2n) is 8.01. The number of benzene rings is 2. The molecule has 2 aromatic carbocycles. The van der Waals surface area contributed by atoms with Gasteiger partial charge < -0.3 is 0 Å². The zero-order chi connectivity index (χ0) is 18.2. The Kier molecular flexibility index (Phi) is 4.25. The smallest absolute Gasteiger partial charge is 0.166 e. The molecule has 0 aliphatic carbocycles. The average molecular weight is 356 g/mol. The lowest BCUT2D eigenvalue weighted by Gasteiger charge is -2.38. The van der Waals surface area contributed by atoms with Gasteiger partial charge in [0.05, 0.1) is 0 Å². The number of ketones is 1. The lowest BCUT2D eigenvalue weighted by molar-refractivity contribution is 0.0678. The number of Topliss-reactive ketones (excluding diaryl/α,β-unsaturated/α-hetero) is 1. The Labute approximate surface area is 160 Å². The summed E-state index contributed by atoms with van der Waals surface area (Å²) in [5.74, 6) is 0.485. The minimum atomic E-state index is 0.161. The maximum absolute atomic E-state index is 13.2. The quantitative estimate of drug-likeness (QED) is 0.626. The normalized spacial score (nSPS) is 25.0. The zero-order valence-electron chi connectivity index (χ0n) is 15.4. The number of carbonyl (C=O) groups is 1. The van der Waals surface area contributed by atoms with Gasteiger partial charge in [0.1, 0.15) is 0 Å². The van der Waals surface area contributed by atoms with Crippen molar-refractivity contribution < 1.29 is 4.79 Å². The second-order valence-corrected chi connectivity index (χ2v) is 8.01. The van der Waals surface area contributed by atoms with E-state index in [4.69, 9.17) is 0 Å². The molecule has 2 unspecified atom stereocenters. The predicted octanol–water partition coefficient (Wildman–Crippen LogP) is 4.86. The topological polar surface area (TPSA) is 33.2 Å². The monoisotopic (exact) mass is 356 g/mol. The summed E-state index contributed by atoms with van der Waals surface area (Å²) in [6, 6.07) is 19.8. The van der Waals surface area contributed by atoms with E-state index in [0.717, 1.165) is 35.7 Å². The standard InChI is InChI=1S/C24H24N2O/c27-24(19-6-7-20-15-25-11-10-18(20)12-19)21-13-22-8-9-23(14-21)26(22)16-17-4-2-1-3-5-17/h1-7,10-12,15,21-23H,8-9,13-14,16H2. The molecule has 3 heteroatoms. The Hall–Kier alpha value is -2.52. The van der Waals surface area contributed by atoms with Crippen LogP contribution < -0.4 is 0 Å². The first kappa shape index (κ1) is 16.6. The molecule has 2 saturated heterocycles. The number of rotatable bonds is 4. The number of hydrogen-bond donors (Lipinski definition) is 0. The predicted molar refractivity (Wildman–Crippen MR) is 108 cm³/mol.